The van der Waals surface area contributed by atoms with Crippen LogP contribution in [0.4, 0.5) is 13.6 Å². The molecule has 10 heteroatoms. The average molecular weight is 386 g/mol. The monoisotopic (exact) mass is 386 g/mol. The summed E-state index contributed by atoms with van der Waals surface area (Å²) in [5, 5.41) is 11.4. The van der Waals surface area contributed by atoms with Crippen molar-refractivity contribution in [3.63, 3.8) is 0 Å². The number of nitrogens with one attached hydrogen (secondary N) is 2. The summed E-state index contributed by atoms with van der Waals surface area (Å²) in [7, 11) is 0. The van der Waals surface area contributed by atoms with Crippen molar-refractivity contribution >= 4 is 17.1 Å². The van der Waals surface area contributed by atoms with Crippen molar-refractivity contribution in [2.45, 2.75) is 13.8 Å². The number of benzene rings is 1. The molecule has 0 spiro atoms. The van der Waals surface area contributed by atoms with E-state index in [0.717, 1.165) is 21.5 Å². The molecule has 1 aromatic carbocycles. The lowest BCUT2D eigenvalue weighted by atomic mass is 10.2. The van der Waals surface area contributed by atoms with Crippen molar-refractivity contribution in [3.05, 3.63) is 52.6 Å². The predicted molar refractivity (Wildman–Crippen MR) is 97.6 cm³/mol. The average Bonchev–Trinajstić information content (AvgIpc) is 3.21. The van der Waals surface area contributed by atoms with Crippen LogP contribution in [-0.2, 0) is 0 Å². The zero-order valence-corrected chi connectivity index (χ0v) is 15.0. The molecule has 2 aliphatic rings. The van der Waals surface area contributed by atoms with Crippen LogP contribution in [0.5, 0.6) is 0 Å². The second-order valence-corrected chi connectivity index (χ2v) is 6.76. The van der Waals surface area contributed by atoms with Crippen molar-refractivity contribution in [3.8, 4) is 16.9 Å². The van der Waals surface area contributed by atoms with Gasteiger partial charge in [-0.15, -0.1) is 0 Å². The molecule has 0 radical (unpaired) electrons. The Bertz CT molecular complexity index is 1220. The first-order chi connectivity index (χ1) is 13.4. The first kappa shape index (κ1) is 17.8. The quantitative estimate of drug-likeness (QED) is 0.565. The summed E-state index contributed by atoms with van der Waals surface area (Å²) >= 11 is 0. The summed E-state index contributed by atoms with van der Waals surface area (Å²) in [5.41, 5.74) is 0.0511. The summed E-state index contributed by atoms with van der Waals surface area (Å²) in [6.07, 6.45) is 2.79. The van der Waals surface area contributed by atoms with E-state index in [1.165, 1.54) is 12.4 Å². The number of pyridine rings is 1. The minimum atomic E-state index is -0.908. The molecule has 1 amide bonds. The van der Waals surface area contributed by atoms with Crippen molar-refractivity contribution in [1.82, 2.24) is 29.9 Å². The minimum absolute atomic E-state index is 0.169. The number of fused-ring (bicyclic) bond motifs is 3. The van der Waals surface area contributed by atoms with Gasteiger partial charge in [-0.05, 0) is 18.1 Å². The molecule has 2 aliphatic heterocycles. The lowest BCUT2D eigenvalue weighted by molar-refractivity contribution is 0.239. The summed E-state index contributed by atoms with van der Waals surface area (Å²) < 4.78 is 29.3. The summed E-state index contributed by atoms with van der Waals surface area (Å²) in [6, 6.07) is 2.44. The Labute approximate surface area is 157 Å². The van der Waals surface area contributed by atoms with Crippen LogP contribution in [0.3, 0.4) is 0 Å². The van der Waals surface area contributed by atoms with Crippen molar-refractivity contribution in [1.29, 1.82) is 0 Å². The van der Waals surface area contributed by atoms with Gasteiger partial charge >= 0.3 is 6.03 Å². The zero-order valence-electron chi connectivity index (χ0n) is 15.0. The lowest BCUT2D eigenvalue weighted by Crippen LogP contribution is -2.32. The van der Waals surface area contributed by atoms with E-state index in [4.69, 9.17) is 0 Å². The normalized spacial score (nSPS) is 11.6. The number of amides is 1. The van der Waals surface area contributed by atoms with Gasteiger partial charge in [0.25, 0.3) is 5.56 Å². The molecular weight excluding hydrogens is 370 g/mol. The number of hydrogen-bond donors (Lipinski definition) is 2. The van der Waals surface area contributed by atoms with Crippen molar-refractivity contribution in [2.24, 2.45) is 5.92 Å². The highest BCUT2D eigenvalue weighted by Gasteiger charge is 2.23. The first-order valence-corrected chi connectivity index (χ1v) is 8.58. The Kier molecular flexibility index (Phi) is 4.17. The third-order valence-electron chi connectivity index (χ3n) is 4.25. The minimum Gasteiger partial charge on any atom is -0.345 e. The molecule has 2 aromatic rings. The van der Waals surface area contributed by atoms with Crippen LogP contribution in [0.2, 0.25) is 0 Å². The molecule has 0 bridgehead atoms. The van der Waals surface area contributed by atoms with E-state index in [9.17, 15) is 18.4 Å². The van der Waals surface area contributed by atoms with E-state index in [0.29, 0.717) is 23.6 Å². The molecule has 3 heterocycles. The highest BCUT2D eigenvalue weighted by atomic mass is 19.1. The Morgan fingerprint density at radius 1 is 1.32 bits per heavy atom. The molecule has 0 fully saturated rings. The topological polar surface area (TPSA) is 97.6 Å². The standard InChI is InChI=1S/C18H16F2N6O2/c1-9(2)6-22-18(28)26-16-11(8-23-26)15-12(7-21-16)17(27)25(24-15)14-4-3-10(19)5-13(14)20/h3-5,7-9,21H,6H2,1-2H3,(H,22,28). The molecule has 0 unspecified atom stereocenters. The molecule has 0 atom stereocenters. The van der Waals surface area contributed by atoms with Crippen LogP contribution in [0.15, 0.2) is 35.4 Å². The van der Waals surface area contributed by atoms with Crippen LogP contribution in [0.25, 0.3) is 28.0 Å². The Morgan fingerprint density at radius 2 is 2.11 bits per heavy atom. The first-order valence-electron chi connectivity index (χ1n) is 8.58. The van der Waals surface area contributed by atoms with Gasteiger partial charge in [-0.2, -0.15) is 19.6 Å². The number of aromatic amines is 1. The van der Waals surface area contributed by atoms with Crippen LogP contribution in [0.1, 0.15) is 13.8 Å². The maximum atomic E-state index is 14.1. The number of nitrogens with zero attached hydrogens (tertiary/aromatic N) is 4. The molecule has 4 rings (SSSR count). The molecular formula is C18H16F2N6O2. The van der Waals surface area contributed by atoms with Crippen LogP contribution in [-0.4, -0.2) is 37.1 Å². The molecule has 28 heavy (non-hydrogen) atoms. The number of aromatic nitrogens is 5. The number of halogens is 2. The molecule has 0 saturated carbocycles. The predicted octanol–water partition coefficient (Wildman–Crippen LogP) is 2.51. The Hall–Kier alpha value is -3.56. The van der Waals surface area contributed by atoms with Gasteiger partial charge < -0.3 is 10.3 Å². The number of H-pyrrole nitrogens is 1. The highest BCUT2D eigenvalue weighted by Crippen LogP contribution is 2.26. The van der Waals surface area contributed by atoms with Crippen LogP contribution in [0, 0.1) is 17.6 Å². The second-order valence-electron chi connectivity index (χ2n) is 6.76. The number of rotatable bonds is 3. The smallest absolute Gasteiger partial charge is 0.344 e. The van der Waals surface area contributed by atoms with Crippen molar-refractivity contribution < 1.29 is 13.6 Å². The summed E-state index contributed by atoms with van der Waals surface area (Å²) in [5.74, 6) is -1.39. The summed E-state index contributed by atoms with van der Waals surface area (Å²) in [4.78, 5) is 27.8. The number of carbonyl (C=O) groups excluding carboxylic acids is 1. The van der Waals surface area contributed by atoms with E-state index < -0.39 is 23.2 Å². The fourth-order valence-corrected chi connectivity index (χ4v) is 2.88. The maximum absolute atomic E-state index is 14.1. The second kappa shape index (κ2) is 6.55. The summed E-state index contributed by atoms with van der Waals surface area (Å²) in [6.45, 7) is 4.41. The molecule has 144 valence electrons. The fraction of sp³-hybridized carbons (Fsp3) is 0.222. The van der Waals surface area contributed by atoms with E-state index in [-0.39, 0.29) is 22.9 Å². The zero-order chi connectivity index (χ0) is 20.0. The van der Waals surface area contributed by atoms with Gasteiger partial charge in [0.05, 0.1) is 17.1 Å². The van der Waals surface area contributed by atoms with E-state index in [1.54, 1.807) is 0 Å². The molecule has 0 saturated heterocycles. The van der Waals surface area contributed by atoms with Gasteiger partial charge in [-0.25, -0.2) is 13.6 Å². The number of hydrogen-bond acceptors (Lipinski definition) is 4. The van der Waals surface area contributed by atoms with Crippen LogP contribution < -0.4 is 10.9 Å². The van der Waals surface area contributed by atoms with E-state index in [2.05, 4.69) is 20.5 Å². The molecule has 1 aromatic heterocycles. The van der Waals surface area contributed by atoms with E-state index >= 15 is 0 Å². The molecule has 0 aliphatic carbocycles. The molecule has 2 N–H and O–H groups in total. The SMILES string of the molecule is CC(C)CNC(=O)n1ncc2c3nn(-c4ccc(F)cc4F)c(=O)c-3c[nH]c21. The lowest BCUT2D eigenvalue weighted by Gasteiger charge is -2.08. The van der Waals surface area contributed by atoms with Gasteiger partial charge in [-0.1, -0.05) is 13.8 Å². The van der Waals surface area contributed by atoms with Gasteiger partial charge in [0.15, 0.2) is 5.82 Å². The van der Waals surface area contributed by atoms with Gasteiger partial charge in [0.1, 0.15) is 22.8 Å². The van der Waals surface area contributed by atoms with Gasteiger partial charge in [0, 0.05) is 18.8 Å². The third kappa shape index (κ3) is 2.82. The Morgan fingerprint density at radius 3 is 2.82 bits per heavy atom. The maximum Gasteiger partial charge on any atom is 0.344 e. The van der Waals surface area contributed by atoms with Gasteiger partial charge in [-0.3, -0.25) is 4.79 Å². The number of carbonyl (C=O) groups is 1. The highest BCUT2D eigenvalue weighted by molar-refractivity contribution is 5.95. The third-order valence-corrected chi connectivity index (χ3v) is 4.25. The van der Waals surface area contributed by atoms with E-state index in [1.807, 2.05) is 13.8 Å². The fourth-order valence-electron chi connectivity index (χ4n) is 2.88. The van der Waals surface area contributed by atoms with Gasteiger partial charge in [0.2, 0.25) is 0 Å². The largest absolute Gasteiger partial charge is 0.345 e. The molecule has 8 nitrogen and oxygen atoms in total. The van der Waals surface area contributed by atoms with Crippen molar-refractivity contribution in [2.75, 3.05) is 6.54 Å². The Balaban J connectivity index is 1.84. The van der Waals surface area contributed by atoms with Crippen LogP contribution >= 0.6 is 0 Å².